The van der Waals surface area contributed by atoms with E-state index in [2.05, 4.69) is 4.98 Å². The van der Waals surface area contributed by atoms with Gasteiger partial charge in [0.2, 0.25) is 5.91 Å². The summed E-state index contributed by atoms with van der Waals surface area (Å²) in [6.45, 7) is 0.472. The quantitative estimate of drug-likeness (QED) is 0.386. The van der Waals surface area contributed by atoms with Crippen molar-refractivity contribution in [3.63, 3.8) is 0 Å². The summed E-state index contributed by atoms with van der Waals surface area (Å²) < 4.78 is 5.86. The summed E-state index contributed by atoms with van der Waals surface area (Å²) in [5.41, 5.74) is 3.53. The predicted octanol–water partition coefficient (Wildman–Crippen LogP) is 4.93. The molecule has 0 aliphatic heterocycles. The lowest BCUT2D eigenvalue weighted by molar-refractivity contribution is -0.127. The van der Waals surface area contributed by atoms with Crippen LogP contribution in [-0.2, 0) is 24.2 Å². The largest absolute Gasteiger partial charge is 0.756 e. The molecule has 5 nitrogen and oxygen atoms in total. The fraction of sp³-hybridized carbons (Fsp3) is 0.154. The first-order chi connectivity index (χ1) is 15.2. The molecule has 0 radical (unpaired) electrons. The first kappa shape index (κ1) is 20.6. The van der Waals surface area contributed by atoms with Gasteiger partial charge >= 0.3 is 0 Å². The van der Waals surface area contributed by atoms with E-state index in [0.29, 0.717) is 23.8 Å². The number of hydroxylamine groups is 2. The number of fused-ring (bicyclic) bond motifs is 1. The van der Waals surface area contributed by atoms with E-state index in [-0.39, 0.29) is 13.0 Å². The fourth-order valence-electron chi connectivity index (χ4n) is 3.35. The molecule has 0 unspecified atom stereocenters. The molecule has 5 heteroatoms. The van der Waals surface area contributed by atoms with Crippen LogP contribution >= 0.6 is 0 Å². The van der Waals surface area contributed by atoms with Crippen LogP contribution in [0.5, 0.6) is 5.75 Å². The van der Waals surface area contributed by atoms with E-state index >= 15 is 0 Å². The average molecular weight is 411 g/mol. The Hall–Kier alpha value is -3.70. The Bertz CT molecular complexity index is 1160. The van der Waals surface area contributed by atoms with Crippen molar-refractivity contribution in [2.75, 3.05) is 6.54 Å². The van der Waals surface area contributed by atoms with Gasteiger partial charge < -0.3 is 15.0 Å². The minimum Gasteiger partial charge on any atom is -0.756 e. The molecular formula is C26H23N2O3-. The van der Waals surface area contributed by atoms with Gasteiger partial charge in [0, 0.05) is 11.9 Å². The van der Waals surface area contributed by atoms with E-state index in [0.717, 1.165) is 27.7 Å². The minimum atomic E-state index is -0.454. The lowest BCUT2D eigenvalue weighted by Crippen LogP contribution is -2.28. The standard InChI is InChI=1S/C26H23N2O3/c29-26(28(30)16-15-20-7-2-1-3-8-20)18-21-9-6-11-24(17-21)31-19-23-14-13-22-10-4-5-12-25(22)27-23/h1-14,17H,15-16,18-19H2/q-1. The zero-order chi connectivity index (χ0) is 21.5. The van der Waals surface area contributed by atoms with Crippen LogP contribution < -0.4 is 4.74 Å². The molecule has 0 spiro atoms. The molecule has 1 amide bonds. The Balaban J connectivity index is 1.32. The van der Waals surface area contributed by atoms with E-state index in [4.69, 9.17) is 4.74 Å². The molecule has 1 heterocycles. The summed E-state index contributed by atoms with van der Waals surface area (Å²) in [6.07, 6.45) is 0.585. The summed E-state index contributed by atoms with van der Waals surface area (Å²) in [5, 5.41) is 13.8. The van der Waals surface area contributed by atoms with Crippen molar-refractivity contribution in [3.05, 3.63) is 113 Å². The normalized spacial score (nSPS) is 10.7. The number of ether oxygens (including phenoxy) is 1. The van der Waals surface area contributed by atoms with E-state index in [9.17, 15) is 10.0 Å². The van der Waals surface area contributed by atoms with Gasteiger partial charge in [0.15, 0.2) is 0 Å². The van der Waals surface area contributed by atoms with Gasteiger partial charge in [0.25, 0.3) is 0 Å². The fourth-order valence-corrected chi connectivity index (χ4v) is 3.35. The Morgan fingerprint density at radius 1 is 0.871 bits per heavy atom. The number of benzene rings is 3. The van der Waals surface area contributed by atoms with Crippen molar-refractivity contribution in [1.82, 2.24) is 10.0 Å². The lowest BCUT2D eigenvalue weighted by atomic mass is 10.1. The van der Waals surface area contributed by atoms with Crippen LogP contribution in [-0.4, -0.2) is 22.5 Å². The smallest absolute Gasteiger partial charge is 0.216 e. The topological polar surface area (TPSA) is 65.5 Å². The van der Waals surface area contributed by atoms with Gasteiger partial charge in [-0.25, -0.2) is 4.98 Å². The Labute approximate surface area is 181 Å². The highest BCUT2D eigenvalue weighted by atomic mass is 16.5. The Morgan fingerprint density at radius 3 is 2.52 bits per heavy atom. The minimum absolute atomic E-state index is 0.0454. The Kier molecular flexibility index (Phi) is 6.55. The molecule has 156 valence electrons. The molecule has 4 aromatic rings. The number of carbonyl (C=O) groups is 1. The maximum absolute atomic E-state index is 12.3. The van der Waals surface area contributed by atoms with Crippen LogP contribution in [0, 0.1) is 5.21 Å². The van der Waals surface area contributed by atoms with Gasteiger partial charge in [0.05, 0.1) is 17.6 Å². The number of para-hydroxylation sites is 1. The zero-order valence-electron chi connectivity index (χ0n) is 17.1. The lowest BCUT2D eigenvalue weighted by Gasteiger charge is -2.28. The average Bonchev–Trinajstić information content (AvgIpc) is 2.82. The third kappa shape index (κ3) is 5.68. The van der Waals surface area contributed by atoms with Gasteiger partial charge in [-0.15, -0.1) is 0 Å². The molecule has 0 fully saturated rings. The highest BCUT2D eigenvalue weighted by Gasteiger charge is 2.08. The second-order valence-electron chi connectivity index (χ2n) is 7.34. The number of rotatable bonds is 8. The molecule has 0 aliphatic rings. The number of amides is 1. The van der Waals surface area contributed by atoms with Gasteiger partial charge in [-0.1, -0.05) is 66.7 Å². The molecule has 3 aromatic carbocycles. The van der Waals surface area contributed by atoms with Crippen LogP contribution in [0.1, 0.15) is 16.8 Å². The third-order valence-electron chi connectivity index (χ3n) is 5.02. The molecule has 0 atom stereocenters. The number of nitrogens with zero attached hydrogens (tertiary/aromatic N) is 2. The summed E-state index contributed by atoms with van der Waals surface area (Å²) in [4.78, 5) is 16.9. The van der Waals surface area contributed by atoms with Gasteiger partial charge in [0.1, 0.15) is 12.4 Å². The molecule has 31 heavy (non-hydrogen) atoms. The highest BCUT2D eigenvalue weighted by molar-refractivity contribution is 5.79. The number of pyridine rings is 1. The molecule has 0 saturated carbocycles. The maximum Gasteiger partial charge on any atom is 0.216 e. The van der Waals surface area contributed by atoms with Crippen LogP contribution in [0.15, 0.2) is 91.0 Å². The van der Waals surface area contributed by atoms with E-state index in [1.807, 2.05) is 84.9 Å². The van der Waals surface area contributed by atoms with Crippen LogP contribution in [0.3, 0.4) is 0 Å². The maximum atomic E-state index is 12.3. The second-order valence-corrected chi connectivity index (χ2v) is 7.34. The SMILES string of the molecule is O=C(Cc1cccc(OCc2ccc3ccccc3n2)c1)N([O-])CCc1ccccc1. The number of hydrogen-bond donors (Lipinski definition) is 0. The van der Waals surface area contributed by atoms with Crippen molar-refractivity contribution in [1.29, 1.82) is 0 Å². The van der Waals surface area contributed by atoms with Gasteiger partial charge in [-0.3, -0.25) is 4.79 Å². The third-order valence-corrected chi connectivity index (χ3v) is 5.02. The molecule has 4 rings (SSSR count). The molecular weight excluding hydrogens is 388 g/mol. The van der Waals surface area contributed by atoms with Crippen molar-refractivity contribution >= 4 is 16.8 Å². The molecule has 0 saturated heterocycles. The van der Waals surface area contributed by atoms with E-state index in [1.165, 1.54) is 0 Å². The van der Waals surface area contributed by atoms with Crippen LogP contribution in [0.4, 0.5) is 0 Å². The summed E-state index contributed by atoms with van der Waals surface area (Å²) in [5.74, 6) is 0.186. The molecule has 0 N–H and O–H groups in total. The van der Waals surface area contributed by atoms with Crippen molar-refractivity contribution in [3.8, 4) is 5.75 Å². The first-order valence-corrected chi connectivity index (χ1v) is 10.3. The first-order valence-electron chi connectivity index (χ1n) is 10.3. The summed E-state index contributed by atoms with van der Waals surface area (Å²) >= 11 is 0. The van der Waals surface area contributed by atoms with Crippen LogP contribution in [0.2, 0.25) is 0 Å². The van der Waals surface area contributed by atoms with Crippen molar-refractivity contribution in [2.24, 2.45) is 0 Å². The zero-order valence-corrected chi connectivity index (χ0v) is 17.1. The highest BCUT2D eigenvalue weighted by Crippen LogP contribution is 2.17. The monoisotopic (exact) mass is 411 g/mol. The molecule has 0 aliphatic carbocycles. The van der Waals surface area contributed by atoms with Crippen molar-refractivity contribution in [2.45, 2.75) is 19.4 Å². The number of carbonyl (C=O) groups excluding carboxylic acids is 1. The summed E-state index contributed by atoms with van der Waals surface area (Å²) in [6, 6.07) is 28.8. The van der Waals surface area contributed by atoms with Crippen LogP contribution in [0.25, 0.3) is 10.9 Å². The van der Waals surface area contributed by atoms with E-state index in [1.54, 1.807) is 6.07 Å². The Morgan fingerprint density at radius 2 is 1.65 bits per heavy atom. The van der Waals surface area contributed by atoms with E-state index < -0.39 is 5.91 Å². The molecule has 0 bridgehead atoms. The summed E-state index contributed by atoms with van der Waals surface area (Å²) in [7, 11) is 0. The predicted molar refractivity (Wildman–Crippen MR) is 121 cm³/mol. The second kappa shape index (κ2) is 9.87. The molecule has 1 aromatic heterocycles. The van der Waals surface area contributed by atoms with Gasteiger partial charge in [-0.05, 0) is 41.8 Å². The van der Waals surface area contributed by atoms with Gasteiger partial charge in [-0.2, -0.15) is 0 Å². The number of aromatic nitrogens is 1. The van der Waals surface area contributed by atoms with Crippen molar-refractivity contribution < 1.29 is 9.53 Å². The number of hydrogen-bond acceptors (Lipinski definition) is 4.